The Morgan fingerprint density at radius 1 is 0.519 bits per heavy atom. The van der Waals surface area contributed by atoms with Gasteiger partial charge in [0.25, 0.3) is 0 Å². The molecule has 1 N–H and O–H groups in total. The van der Waals surface area contributed by atoms with E-state index in [-0.39, 0.29) is 6.04 Å². The van der Waals surface area contributed by atoms with Crippen molar-refractivity contribution in [3.05, 3.63) is 204 Å². The van der Waals surface area contributed by atoms with Gasteiger partial charge in [0.05, 0.1) is 28.5 Å². The number of nitrogens with one attached hydrogen (secondary N) is 1. The Morgan fingerprint density at radius 2 is 1.17 bits per heavy atom. The maximum Gasteiger partial charge on any atom is 0.134 e. The standard InChI is InChI=1S/C49H33N3/c1-4-14-32(15-5-1)41-30-44-45(38-23-13-12-22-37(38)41)39-26-24-31-28-42-46(34-17-6-2-7-18-34)50-49(35-19-8-3-9-20-35)51-47(42)40-27-25-33-16-10-11-21-36(33)48(40)52(44)43(39)29-31/h1-27,29-30,47H,28H2,(H,50,51). The highest BCUT2D eigenvalue weighted by Crippen LogP contribution is 2.47. The second kappa shape index (κ2) is 11.4. The van der Waals surface area contributed by atoms with Gasteiger partial charge in [-0.15, -0.1) is 0 Å². The molecule has 0 saturated carbocycles. The molecule has 0 radical (unpaired) electrons. The quantitative estimate of drug-likeness (QED) is 0.200. The average molecular weight is 664 g/mol. The molecule has 1 atom stereocenters. The Kier molecular flexibility index (Phi) is 6.38. The first kappa shape index (κ1) is 29.1. The third-order valence-corrected chi connectivity index (χ3v) is 11.0. The number of hydrogen-bond acceptors (Lipinski definition) is 2. The highest BCUT2D eigenvalue weighted by Gasteiger charge is 2.33. The van der Waals surface area contributed by atoms with Gasteiger partial charge in [-0.25, -0.2) is 4.99 Å². The van der Waals surface area contributed by atoms with Crippen LogP contribution in [0.2, 0.25) is 0 Å². The summed E-state index contributed by atoms with van der Waals surface area (Å²) in [7, 11) is 0. The van der Waals surface area contributed by atoms with E-state index in [1.807, 2.05) is 0 Å². The lowest BCUT2D eigenvalue weighted by molar-refractivity contribution is 0.711. The van der Waals surface area contributed by atoms with Gasteiger partial charge in [-0.1, -0.05) is 164 Å². The molecule has 0 saturated heterocycles. The minimum atomic E-state index is -0.127. The molecule has 1 aromatic heterocycles. The van der Waals surface area contributed by atoms with E-state index in [0.717, 1.165) is 29.1 Å². The smallest absolute Gasteiger partial charge is 0.134 e. The molecule has 11 rings (SSSR count). The van der Waals surface area contributed by atoms with Crippen LogP contribution in [0.3, 0.4) is 0 Å². The van der Waals surface area contributed by atoms with Crippen molar-refractivity contribution in [2.45, 2.75) is 12.5 Å². The van der Waals surface area contributed by atoms with Crippen LogP contribution in [0, 0.1) is 0 Å². The first-order valence-electron chi connectivity index (χ1n) is 18.1. The molecule has 2 bridgehead atoms. The zero-order valence-corrected chi connectivity index (χ0v) is 28.4. The minimum Gasteiger partial charge on any atom is -0.359 e. The van der Waals surface area contributed by atoms with Gasteiger partial charge >= 0.3 is 0 Å². The van der Waals surface area contributed by atoms with Gasteiger partial charge in [-0.3, -0.25) is 0 Å². The van der Waals surface area contributed by atoms with Crippen LogP contribution in [0.4, 0.5) is 0 Å². The molecule has 0 amide bonds. The molecule has 0 spiro atoms. The molecule has 3 nitrogen and oxygen atoms in total. The zero-order valence-electron chi connectivity index (χ0n) is 28.4. The van der Waals surface area contributed by atoms with Gasteiger partial charge in [-0.2, -0.15) is 0 Å². The molecule has 0 fully saturated rings. The second-order valence-corrected chi connectivity index (χ2v) is 14.0. The van der Waals surface area contributed by atoms with E-state index in [0.29, 0.717) is 0 Å². The summed E-state index contributed by atoms with van der Waals surface area (Å²) in [6.07, 6.45) is 0.771. The third-order valence-electron chi connectivity index (χ3n) is 11.0. The van der Waals surface area contributed by atoms with Gasteiger partial charge in [0.2, 0.25) is 0 Å². The zero-order chi connectivity index (χ0) is 34.2. The molecule has 9 aromatic rings. The van der Waals surface area contributed by atoms with Crippen LogP contribution in [0.1, 0.15) is 28.3 Å². The van der Waals surface area contributed by atoms with Crippen LogP contribution in [0.25, 0.3) is 65.9 Å². The fraction of sp³-hybridized carbons (Fsp3) is 0.0408. The number of fused-ring (bicyclic) bond motifs is 12. The molecular formula is C49H33N3. The summed E-state index contributed by atoms with van der Waals surface area (Å²) in [5.41, 5.74) is 13.1. The van der Waals surface area contributed by atoms with E-state index in [1.54, 1.807) is 0 Å². The Hall–Kier alpha value is -6.71. The van der Waals surface area contributed by atoms with Crippen LogP contribution in [-0.4, -0.2) is 10.4 Å². The molecule has 8 aromatic carbocycles. The molecule has 1 unspecified atom stereocenters. The number of amidine groups is 1. The molecule has 52 heavy (non-hydrogen) atoms. The van der Waals surface area contributed by atoms with Crippen LogP contribution >= 0.6 is 0 Å². The lowest BCUT2D eigenvalue weighted by Crippen LogP contribution is -2.35. The van der Waals surface area contributed by atoms with Gasteiger partial charge in [0, 0.05) is 32.8 Å². The van der Waals surface area contributed by atoms with Gasteiger partial charge in [0.1, 0.15) is 5.84 Å². The summed E-state index contributed by atoms with van der Waals surface area (Å²) in [4.78, 5) is 5.42. The molecule has 244 valence electrons. The van der Waals surface area contributed by atoms with Crippen LogP contribution < -0.4 is 5.32 Å². The largest absolute Gasteiger partial charge is 0.359 e. The van der Waals surface area contributed by atoms with Crippen LogP contribution in [0.15, 0.2) is 186 Å². The summed E-state index contributed by atoms with van der Waals surface area (Å²) in [5, 5.41) is 11.6. The second-order valence-electron chi connectivity index (χ2n) is 14.0. The van der Waals surface area contributed by atoms with Gasteiger partial charge in [0.15, 0.2) is 0 Å². The minimum absolute atomic E-state index is 0.127. The number of hydrogen-bond donors (Lipinski definition) is 1. The van der Waals surface area contributed by atoms with Crippen molar-refractivity contribution in [1.82, 2.24) is 9.88 Å². The summed E-state index contributed by atoms with van der Waals surface area (Å²) >= 11 is 0. The fourth-order valence-corrected chi connectivity index (χ4v) is 8.72. The van der Waals surface area contributed by atoms with Crippen molar-refractivity contribution in [1.29, 1.82) is 0 Å². The van der Waals surface area contributed by atoms with E-state index in [2.05, 4.69) is 186 Å². The van der Waals surface area contributed by atoms with Crippen molar-refractivity contribution < 1.29 is 0 Å². The molecular weight excluding hydrogens is 631 g/mol. The van der Waals surface area contributed by atoms with E-state index in [1.165, 1.54) is 76.9 Å². The number of nitrogens with zero attached hydrogens (tertiary/aromatic N) is 2. The van der Waals surface area contributed by atoms with E-state index in [4.69, 9.17) is 4.99 Å². The highest BCUT2D eigenvalue weighted by atomic mass is 15.1. The van der Waals surface area contributed by atoms with E-state index in [9.17, 15) is 0 Å². The maximum absolute atomic E-state index is 5.42. The maximum atomic E-state index is 5.42. The van der Waals surface area contributed by atoms with Gasteiger partial charge in [-0.05, 0) is 57.0 Å². The number of aliphatic imine (C=N–C) groups is 1. The number of rotatable bonds is 3. The van der Waals surface area contributed by atoms with Crippen LogP contribution in [-0.2, 0) is 6.42 Å². The predicted molar refractivity (Wildman–Crippen MR) is 217 cm³/mol. The van der Waals surface area contributed by atoms with Crippen molar-refractivity contribution in [2.24, 2.45) is 4.99 Å². The SMILES string of the molecule is c1ccc(C2=NC(c3ccccc3)=C3Cc4ccc5c6c7ccccc7c(-c7ccccc7)cc6n(c5c4)-c4c(ccc5ccccc45)C3N2)cc1. The highest BCUT2D eigenvalue weighted by molar-refractivity contribution is 6.25. The summed E-state index contributed by atoms with van der Waals surface area (Å²) in [6, 6.07) is 64.0. The Balaban J connectivity index is 1.31. The van der Waals surface area contributed by atoms with Crippen LogP contribution in [0.5, 0.6) is 0 Å². The number of aromatic nitrogens is 1. The normalized spacial score (nSPS) is 15.2. The van der Waals surface area contributed by atoms with E-state index >= 15 is 0 Å². The molecule has 3 heterocycles. The Bertz CT molecular complexity index is 2930. The first-order chi connectivity index (χ1) is 25.8. The number of benzene rings is 8. The molecule has 0 aliphatic carbocycles. The monoisotopic (exact) mass is 663 g/mol. The summed E-state index contributed by atoms with van der Waals surface area (Å²) in [5.74, 6) is 0.887. The molecule has 2 aliphatic rings. The predicted octanol–water partition coefficient (Wildman–Crippen LogP) is 11.8. The van der Waals surface area contributed by atoms with Crippen molar-refractivity contribution in [3.63, 3.8) is 0 Å². The van der Waals surface area contributed by atoms with E-state index < -0.39 is 0 Å². The topological polar surface area (TPSA) is 29.3 Å². The Labute approximate surface area is 301 Å². The average Bonchev–Trinajstić information content (AvgIpc) is 3.55. The molecule has 3 heteroatoms. The third kappa shape index (κ3) is 4.36. The summed E-state index contributed by atoms with van der Waals surface area (Å²) < 4.78 is 2.57. The first-order valence-corrected chi connectivity index (χ1v) is 18.1. The van der Waals surface area contributed by atoms with Gasteiger partial charge < -0.3 is 9.88 Å². The fourth-order valence-electron chi connectivity index (χ4n) is 8.72. The summed E-state index contributed by atoms with van der Waals surface area (Å²) in [6.45, 7) is 0. The van der Waals surface area contributed by atoms with Crippen molar-refractivity contribution >= 4 is 54.9 Å². The lowest BCUT2D eigenvalue weighted by Gasteiger charge is -2.32. The molecule has 2 aliphatic heterocycles. The van der Waals surface area contributed by atoms with Crippen molar-refractivity contribution in [3.8, 4) is 16.8 Å². The van der Waals surface area contributed by atoms with Crippen molar-refractivity contribution in [2.75, 3.05) is 0 Å². The lowest BCUT2D eigenvalue weighted by atomic mass is 9.86. The Morgan fingerprint density at radius 3 is 1.94 bits per heavy atom.